The lowest BCUT2D eigenvalue weighted by Crippen LogP contribution is -2.31. The number of halogens is 1. The van der Waals surface area contributed by atoms with Crippen LogP contribution >= 0.6 is 0 Å². The molecule has 0 bridgehead atoms. The number of H-pyrrole nitrogens is 1. The molecule has 16 heavy (non-hydrogen) atoms. The molecule has 0 saturated carbocycles. The number of hydrogen-bond acceptors (Lipinski definition) is 2. The molecule has 4 nitrogen and oxygen atoms in total. The number of para-hydroxylation sites is 1. The van der Waals surface area contributed by atoms with Crippen LogP contribution in [0.2, 0.25) is 0 Å². The van der Waals surface area contributed by atoms with E-state index in [4.69, 9.17) is 0 Å². The van der Waals surface area contributed by atoms with Crippen molar-refractivity contribution < 1.29 is 9.50 Å². The van der Waals surface area contributed by atoms with Gasteiger partial charge in [0.15, 0.2) is 0 Å². The van der Waals surface area contributed by atoms with Gasteiger partial charge in [0, 0.05) is 0 Å². The third kappa shape index (κ3) is 1.86. The molecule has 0 radical (unpaired) electrons. The van der Waals surface area contributed by atoms with Gasteiger partial charge < -0.3 is 10.1 Å². The maximum Gasteiger partial charge on any atom is 0.326 e. The van der Waals surface area contributed by atoms with E-state index in [1.54, 1.807) is 19.9 Å². The molecule has 2 rings (SSSR count). The molecule has 1 aromatic carbocycles. The molecule has 2 N–H and O–H groups in total. The summed E-state index contributed by atoms with van der Waals surface area (Å²) in [5.74, 6) is -0.468. The van der Waals surface area contributed by atoms with Gasteiger partial charge in [0.2, 0.25) is 0 Å². The third-order valence-corrected chi connectivity index (χ3v) is 2.30. The van der Waals surface area contributed by atoms with Crippen molar-refractivity contribution >= 4 is 11.0 Å². The van der Waals surface area contributed by atoms with Crippen molar-refractivity contribution in [2.75, 3.05) is 0 Å². The summed E-state index contributed by atoms with van der Waals surface area (Å²) in [6, 6.07) is 4.46. The highest BCUT2D eigenvalue weighted by atomic mass is 19.1. The minimum atomic E-state index is -1.02. The Morgan fingerprint density at radius 2 is 2.19 bits per heavy atom. The van der Waals surface area contributed by atoms with Gasteiger partial charge in [-0.15, -0.1) is 0 Å². The minimum absolute atomic E-state index is 0.120. The standard InChI is InChI=1S/C11H13FN2O2/c1-11(2,16)6-14-8-5-3-4-7(12)9(8)13-10(14)15/h3-5,16H,6H2,1-2H3,(H,13,15). The second-order valence-corrected chi connectivity index (χ2v) is 4.46. The Morgan fingerprint density at radius 3 is 2.81 bits per heavy atom. The van der Waals surface area contributed by atoms with E-state index in [1.807, 2.05) is 0 Å². The molecule has 5 heteroatoms. The normalized spacial score (nSPS) is 12.2. The van der Waals surface area contributed by atoms with Crippen molar-refractivity contribution in [3.05, 3.63) is 34.5 Å². The first-order chi connectivity index (χ1) is 7.38. The van der Waals surface area contributed by atoms with Crippen LogP contribution in [0.4, 0.5) is 4.39 Å². The maximum atomic E-state index is 13.4. The summed E-state index contributed by atoms with van der Waals surface area (Å²) in [5, 5.41) is 9.68. The Labute approximate surface area is 91.3 Å². The van der Waals surface area contributed by atoms with Crippen molar-refractivity contribution in [2.24, 2.45) is 0 Å². The average Bonchev–Trinajstić information content (AvgIpc) is 2.44. The van der Waals surface area contributed by atoms with Crippen molar-refractivity contribution in [1.29, 1.82) is 0 Å². The van der Waals surface area contributed by atoms with Crippen LogP contribution in [0.3, 0.4) is 0 Å². The predicted molar refractivity (Wildman–Crippen MR) is 58.8 cm³/mol. The quantitative estimate of drug-likeness (QED) is 0.806. The second kappa shape index (κ2) is 3.45. The van der Waals surface area contributed by atoms with Crippen LogP contribution in [0.25, 0.3) is 11.0 Å². The Balaban J connectivity index is 2.66. The molecule has 0 atom stereocenters. The van der Waals surface area contributed by atoms with Crippen LogP contribution in [-0.4, -0.2) is 20.3 Å². The molecule has 0 saturated heterocycles. The Bertz CT molecular complexity index is 578. The summed E-state index contributed by atoms with van der Waals surface area (Å²) < 4.78 is 14.7. The van der Waals surface area contributed by atoms with E-state index in [-0.39, 0.29) is 12.1 Å². The molecule has 1 heterocycles. The number of rotatable bonds is 2. The van der Waals surface area contributed by atoms with E-state index >= 15 is 0 Å². The molecule has 0 aliphatic rings. The van der Waals surface area contributed by atoms with Gasteiger partial charge in [-0.25, -0.2) is 9.18 Å². The Hall–Kier alpha value is -1.62. The van der Waals surface area contributed by atoms with Crippen molar-refractivity contribution in [2.45, 2.75) is 26.0 Å². The summed E-state index contributed by atoms with van der Waals surface area (Å²) in [7, 11) is 0. The third-order valence-electron chi connectivity index (χ3n) is 2.30. The minimum Gasteiger partial charge on any atom is -0.389 e. The lowest BCUT2D eigenvalue weighted by Gasteiger charge is -2.17. The van der Waals surface area contributed by atoms with Crippen LogP contribution < -0.4 is 5.69 Å². The van der Waals surface area contributed by atoms with E-state index in [0.29, 0.717) is 5.52 Å². The van der Waals surface area contributed by atoms with Crippen LogP contribution in [0.15, 0.2) is 23.0 Å². The molecule has 86 valence electrons. The van der Waals surface area contributed by atoms with Gasteiger partial charge in [-0.05, 0) is 26.0 Å². The number of aromatic nitrogens is 2. The van der Waals surface area contributed by atoms with Crippen LogP contribution in [0.5, 0.6) is 0 Å². The fourth-order valence-electron chi connectivity index (χ4n) is 1.69. The first kappa shape index (κ1) is 10.9. The van der Waals surface area contributed by atoms with Gasteiger partial charge in [-0.2, -0.15) is 0 Å². The molecule has 0 aliphatic heterocycles. The molecule has 0 fully saturated rings. The number of nitrogens with one attached hydrogen (secondary N) is 1. The van der Waals surface area contributed by atoms with E-state index in [9.17, 15) is 14.3 Å². The van der Waals surface area contributed by atoms with Gasteiger partial charge >= 0.3 is 5.69 Å². The number of hydrogen-bond donors (Lipinski definition) is 2. The average molecular weight is 224 g/mol. The monoisotopic (exact) mass is 224 g/mol. The lowest BCUT2D eigenvalue weighted by molar-refractivity contribution is 0.0617. The zero-order chi connectivity index (χ0) is 11.9. The summed E-state index contributed by atoms with van der Waals surface area (Å²) in [4.78, 5) is 14.0. The SMILES string of the molecule is CC(C)(O)Cn1c(=O)[nH]c2c(F)cccc21. The topological polar surface area (TPSA) is 58.0 Å². The fourth-order valence-corrected chi connectivity index (χ4v) is 1.69. The molecule has 0 spiro atoms. The number of aliphatic hydroxyl groups is 1. The van der Waals surface area contributed by atoms with Crippen LogP contribution in [0.1, 0.15) is 13.8 Å². The molecule has 0 unspecified atom stereocenters. The van der Waals surface area contributed by atoms with Crippen molar-refractivity contribution in [1.82, 2.24) is 9.55 Å². The maximum absolute atomic E-state index is 13.4. The second-order valence-electron chi connectivity index (χ2n) is 4.46. The van der Waals surface area contributed by atoms with Crippen molar-refractivity contribution in [3.63, 3.8) is 0 Å². The van der Waals surface area contributed by atoms with Gasteiger partial charge in [-0.3, -0.25) is 4.57 Å². The first-order valence-electron chi connectivity index (χ1n) is 4.98. The van der Waals surface area contributed by atoms with Crippen molar-refractivity contribution in [3.8, 4) is 0 Å². The van der Waals surface area contributed by atoms with Crippen LogP contribution in [-0.2, 0) is 6.54 Å². The largest absolute Gasteiger partial charge is 0.389 e. The number of aromatic amines is 1. The zero-order valence-electron chi connectivity index (χ0n) is 9.12. The number of nitrogens with zero attached hydrogens (tertiary/aromatic N) is 1. The van der Waals surface area contributed by atoms with E-state index < -0.39 is 17.1 Å². The number of imidazole rings is 1. The highest BCUT2D eigenvalue weighted by Gasteiger charge is 2.18. The summed E-state index contributed by atoms with van der Waals surface area (Å²) in [6.07, 6.45) is 0. The highest BCUT2D eigenvalue weighted by Crippen LogP contribution is 2.15. The van der Waals surface area contributed by atoms with Gasteiger partial charge in [0.1, 0.15) is 11.3 Å². The summed E-state index contributed by atoms with van der Waals surface area (Å²) >= 11 is 0. The van der Waals surface area contributed by atoms with E-state index in [0.717, 1.165) is 0 Å². The Morgan fingerprint density at radius 1 is 1.50 bits per heavy atom. The van der Waals surface area contributed by atoms with E-state index in [2.05, 4.69) is 4.98 Å². The summed E-state index contributed by atoms with van der Waals surface area (Å²) in [6.45, 7) is 3.31. The molecular formula is C11H13FN2O2. The molecule has 0 amide bonds. The van der Waals surface area contributed by atoms with Gasteiger partial charge in [0.05, 0.1) is 17.7 Å². The molecule has 1 aromatic heterocycles. The molecular weight excluding hydrogens is 211 g/mol. The zero-order valence-corrected chi connectivity index (χ0v) is 9.12. The predicted octanol–water partition coefficient (Wildman–Crippen LogP) is 1.24. The molecule has 2 aromatic rings. The number of fused-ring (bicyclic) bond motifs is 1. The van der Waals surface area contributed by atoms with E-state index in [1.165, 1.54) is 16.7 Å². The lowest BCUT2D eigenvalue weighted by atomic mass is 10.1. The van der Waals surface area contributed by atoms with Gasteiger partial charge in [0.25, 0.3) is 0 Å². The van der Waals surface area contributed by atoms with Crippen LogP contribution in [0, 0.1) is 5.82 Å². The smallest absolute Gasteiger partial charge is 0.326 e. The molecule has 0 aliphatic carbocycles. The fraction of sp³-hybridized carbons (Fsp3) is 0.364. The summed E-state index contributed by atoms with van der Waals surface area (Å²) in [5.41, 5.74) is -0.795. The first-order valence-corrected chi connectivity index (χ1v) is 4.98. The number of benzene rings is 1. The highest BCUT2D eigenvalue weighted by molar-refractivity contribution is 5.75. The van der Waals surface area contributed by atoms with Gasteiger partial charge in [-0.1, -0.05) is 6.07 Å². The Kier molecular flexibility index (Phi) is 2.35.